The van der Waals surface area contributed by atoms with E-state index >= 15 is 0 Å². The topological polar surface area (TPSA) is 72.6 Å². The zero-order valence-corrected chi connectivity index (χ0v) is 25.7. The summed E-state index contributed by atoms with van der Waals surface area (Å²) in [5, 5.41) is 5.27. The van der Waals surface area contributed by atoms with E-state index < -0.39 is 6.36 Å². The second-order valence-electron chi connectivity index (χ2n) is 10.9. The predicted octanol–water partition coefficient (Wildman–Crippen LogP) is 8.25. The van der Waals surface area contributed by atoms with Gasteiger partial charge >= 0.3 is 6.36 Å². The number of anilines is 1. The highest BCUT2D eigenvalue weighted by molar-refractivity contribution is 8.14. The molecule has 1 fully saturated rings. The number of alkyl halides is 3. The van der Waals surface area contributed by atoms with Crippen LogP contribution < -0.4 is 9.64 Å². The van der Waals surface area contributed by atoms with Crippen molar-refractivity contribution in [3.8, 4) is 22.8 Å². The van der Waals surface area contributed by atoms with Crippen LogP contribution in [0.2, 0.25) is 0 Å². The van der Waals surface area contributed by atoms with Crippen LogP contribution in [0.15, 0.2) is 78.0 Å². The SMILES string of the molecule is Cc1cccc(C)c1N1CCCSC1=NC(=O)CCCC(C)c1ccc(-c2ncn(-c3ccc(OC(F)(F)F)cc3)n2)cc1. The Kier molecular flexibility index (Phi) is 9.73. The molecule has 2 heterocycles. The zero-order valence-electron chi connectivity index (χ0n) is 24.8. The molecule has 1 atom stereocenters. The van der Waals surface area contributed by atoms with Crippen LogP contribution in [0.25, 0.3) is 17.1 Å². The summed E-state index contributed by atoms with van der Waals surface area (Å²) in [7, 11) is 0. The van der Waals surface area contributed by atoms with Gasteiger partial charge in [0.15, 0.2) is 11.0 Å². The Hall–Kier alpha value is -4.12. The summed E-state index contributed by atoms with van der Waals surface area (Å²) in [6, 6.07) is 19.7. The van der Waals surface area contributed by atoms with Gasteiger partial charge < -0.3 is 9.64 Å². The van der Waals surface area contributed by atoms with Gasteiger partial charge in [-0.2, -0.15) is 4.99 Å². The average Bonchev–Trinajstić information content (AvgIpc) is 3.48. The molecule has 1 unspecified atom stereocenters. The van der Waals surface area contributed by atoms with Gasteiger partial charge in [0.25, 0.3) is 0 Å². The van der Waals surface area contributed by atoms with E-state index in [2.05, 4.69) is 63.7 Å². The number of halogens is 3. The van der Waals surface area contributed by atoms with Gasteiger partial charge in [0.1, 0.15) is 12.1 Å². The third kappa shape index (κ3) is 7.88. The number of nitrogens with zero attached hydrogens (tertiary/aromatic N) is 5. The number of aromatic nitrogens is 3. The van der Waals surface area contributed by atoms with Crippen LogP contribution in [-0.2, 0) is 4.79 Å². The Morgan fingerprint density at radius 2 is 1.75 bits per heavy atom. The Morgan fingerprint density at radius 3 is 2.43 bits per heavy atom. The summed E-state index contributed by atoms with van der Waals surface area (Å²) in [5.74, 6) is 1.33. The molecular formula is C33H34F3N5O2S. The van der Waals surface area contributed by atoms with Crippen molar-refractivity contribution < 1.29 is 22.7 Å². The summed E-state index contributed by atoms with van der Waals surface area (Å²) in [6.07, 6.45) is -0.180. The number of aryl methyl sites for hydroxylation is 2. The molecule has 44 heavy (non-hydrogen) atoms. The molecule has 230 valence electrons. The fourth-order valence-corrected chi connectivity index (χ4v) is 6.22. The van der Waals surface area contributed by atoms with Crippen LogP contribution in [0.3, 0.4) is 0 Å². The minimum atomic E-state index is -4.74. The summed E-state index contributed by atoms with van der Waals surface area (Å²) >= 11 is 1.65. The van der Waals surface area contributed by atoms with E-state index in [0.717, 1.165) is 53.5 Å². The van der Waals surface area contributed by atoms with Gasteiger partial charge in [-0.05, 0) is 80.0 Å². The van der Waals surface area contributed by atoms with Gasteiger partial charge in [-0.25, -0.2) is 9.67 Å². The van der Waals surface area contributed by atoms with Crippen molar-refractivity contribution in [1.82, 2.24) is 14.8 Å². The maximum atomic E-state index is 12.9. The van der Waals surface area contributed by atoms with Crippen LogP contribution in [0, 0.1) is 13.8 Å². The van der Waals surface area contributed by atoms with E-state index in [1.165, 1.54) is 46.4 Å². The lowest BCUT2D eigenvalue weighted by Gasteiger charge is -2.32. The molecule has 1 aliphatic heterocycles. The number of benzene rings is 3. The maximum Gasteiger partial charge on any atom is 0.573 e. The van der Waals surface area contributed by atoms with Crippen LogP contribution in [-0.4, -0.2) is 44.5 Å². The van der Waals surface area contributed by atoms with Gasteiger partial charge in [0.2, 0.25) is 5.91 Å². The molecule has 4 aromatic rings. The lowest BCUT2D eigenvalue weighted by atomic mass is 9.94. The number of para-hydroxylation sites is 1. The van der Waals surface area contributed by atoms with E-state index in [9.17, 15) is 18.0 Å². The summed E-state index contributed by atoms with van der Waals surface area (Å²) in [6.45, 7) is 7.20. The standard InChI is InChI=1S/C33H34F3N5O2S/c1-22(7-5-10-29(42)38-32-40(19-6-20-44-32)30-23(2)8-4-9-24(30)3)25-11-13-26(14-12-25)31-37-21-41(39-31)27-15-17-28(18-16-27)43-33(34,35)36/h4,8-9,11-18,21-22H,5-7,10,19-20H2,1-3H3. The molecule has 5 rings (SSSR count). The molecule has 0 radical (unpaired) electrons. The molecule has 0 bridgehead atoms. The first kappa shape index (κ1) is 31.3. The second kappa shape index (κ2) is 13.7. The lowest BCUT2D eigenvalue weighted by Crippen LogP contribution is -2.35. The maximum absolute atomic E-state index is 12.9. The summed E-state index contributed by atoms with van der Waals surface area (Å²) in [4.78, 5) is 23.9. The third-order valence-electron chi connectivity index (χ3n) is 7.51. The quantitative estimate of drug-likeness (QED) is 0.187. The number of hydrogen-bond acceptors (Lipinski definition) is 5. The summed E-state index contributed by atoms with van der Waals surface area (Å²) < 4.78 is 42.7. The summed E-state index contributed by atoms with van der Waals surface area (Å²) in [5.41, 5.74) is 6.05. The first-order valence-electron chi connectivity index (χ1n) is 14.5. The molecule has 1 aliphatic rings. The number of carbonyl (C=O) groups is 1. The molecule has 0 N–H and O–H groups in total. The Labute approximate surface area is 259 Å². The minimum Gasteiger partial charge on any atom is -0.406 e. The first-order valence-corrected chi connectivity index (χ1v) is 15.5. The first-order chi connectivity index (χ1) is 21.1. The molecule has 0 aliphatic carbocycles. The van der Waals surface area contributed by atoms with Crippen LogP contribution in [0.5, 0.6) is 5.75 Å². The van der Waals surface area contributed by atoms with Crippen LogP contribution in [0.4, 0.5) is 18.9 Å². The van der Waals surface area contributed by atoms with Crippen molar-refractivity contribution in [2.45, 2.75) is 58.7 Å². The highest BCUT2D eigenvalue weighted by Crippen LogP contribution is 2.31. The lowest BCUT2D eigenvalue weighted by molar-refractivity contribution is -0.274. The van der Waals surface area contributed by atoms with E-state index in [1.54, 1.807) is 11.8 Å². The van der Waals surface area contributed by atoms with Crippen molar-refractivity contribution >= 4 is 28.5 Å². The molecule has 7 nitrogen and oxygen atoms in total. The third-order valence-corrected chi connectivity index (χ3v) is 8.57. The Morgan fingerprint density at radius 1 is 1.05 bits per heavy atom. The number of carbonyl (C=O) groups excluding carboxylic acids is 1. The van der Waals surface area contributed by atoms with E-state index in [1.807, 2.05) is 24.3 Å². The van der Waals surface area contributed by atoms with Gasteiger partial charge in [-0.1, -0.05) is 61.2 Å². The zero-order chi connectivity index (χ0) is 31.3. The fourth-order valence-electron chi connectivity index (χ4n) is 5.26. The van der Waals surface area contributed by atoms with Gasteiger partial charge in [-0.3, -0.25) is 4.79 Å². The monoisotopic (exact) mass is 621 g/mol. The van der Waals surface area contributed by atoms with E-state index in [4.69, 9.17) is 0 Å². The number of aliphatic imine (C=N–C) groups is 1. The van der Waals surface area contributed by atoms with E-state index in [0.29, 0.717) is 17.9 Å². The number of thioether (sulfide) groups is 1. The largest absolute Gasteiger partial charge is 0.573 e. The van der Waals surface area contributed by atoms with Crippen molar-refractivity contribution in [2.75, 3.05) is 17.2 Å². The number of ether oxygens (including phenoxy) is 1. The average molecular weight is 622 g/mol. The highest BCUT2D eigenvalue weighted by atomic mass is 32.2. The van der Waals surface area contributed by atoms with Crippen molar-refractivity contribution in [1.29, 1.82) is 0 Å². The molecule has 0 saturated carbocycles. The molecular weight excluding hydrogens is 587 g/mol. The molecule has 1 aromatic heterocycles. The number of amides is 1. The molecule has 0 spiro atoms. The second-order valence-corrected chi connectivity index (χ2v) is 11.9. The Bertz CT molecular complexity index is 1600. The van der Waals surface area contributed by atoms with Crippen molar-refractivity contribution in [3.63, 3.8) is 0 Å². The van der Waals surface area contributed by atoms with Gasteiger partial charge in [-0.15, -0.1) is 18.3 Å². The normalized spacial score (nSPS) is 15.4. The predicted molar refractivity (Wildman–Crippen MR) is 169 cm³/mol. The Balaban J connectivity index is 1.15. The molecule has 11 heteroatoms. The molecule has 3 aromatic carbocycles. The fraction of sp³-hybridized carbons (Fsp3) is 0.333. The van der Waals surface area contributed by atoms with Crippen LogP contribution >= 0.6 is 11.8 Å². The van der Waals surface area contributed by atoms with Crippen LogP contribution in [0.1, 0.15) is 55.2 Å². The minimum absolute atomic E-state index is 0.0858. The van der Waals surface area contributed by atoms with Crippen molar-refractivity contribution in [3.05, 3.63) is 89.7 Å². The number of hydrogen-bond donors (Lipinski definition) is 0. The molecule has 1 amide bonds. The van der Waals surface area contributed by atoms with Crippen molar-refractivity contribution in [2.24, 2.45) is 4.99 Å². The number of rotatable bonds is 9. The van der Waals surface area contributed by atoms with E-state index in [-0.39, 0.29) is 17.6 Å². The molecule has 1 saturated heterocycles. The smallest absolute Gasteiger partial charge is 0.406 e. The van der Waals surface area contributed by atoms with Gasteiger partial charge in [0, 0.05) is 30.0 Å². The number of amidine groups is 1. The highest BCUT2D eigenvalue weighted by Gasteiger charge is 2.31. The van der Waals surface area contributed by atoms with Gasteiger partial charge in [0.05, 0.1) is 5.69 Å².